The molecule has 0 aliphatic rings. The predicted molar refractivity (Wildman–Crippen MR) is 152 cm³/mol. The Morgan fingerprint density at radius 3 is 2.03 bits per heavy atom. The lowest BCUT2D eigenvalue weighted by Crippen LogP contribution is -2.20. The summed E-state index contributed by atoms with van der Waals surface area (Å²) < 4.78 is 53.5. The Hall–Kier alpha value is -3.59. The van der Waals surface area contributed by atoms with E-state index in [4.69, 9.17) is 9.47 Å². The van der Waals surface area contributed by atoms with E-state index in [1.54, 1.807) is 7.11 Å². The van der Waals surface area contributed by atoms with Gasteiger partial charge in [0.1, 0.15) is 28.2 Å². The molecule has 204 valence electrons. The molecule has 0 saturated carbocycles. The molecule has 0 aromatic heterocycles. The maximum Gasteiger partial charge on any atom is 0.199 e. The van der Waals surface area contributed by atoms with Crippen LogP contribution in [0.2, 0.25) is 0 Å². The van der Waals surface area contributed by atoms with Gasteiger partial charge in [-0.3, -0.25) is 9.25 Å². The Labute approximate surface area is 225 Å². The van der Waals surface area contributed by atoms with Gasteiger partial charge in [-0.05, 0) is 63.1 Å². The second-order valence-electron chi connectivity index (χ2n) is 9.11. The fourth-order valence-corrected chi connectivity index (χ4v) is 4.92. The number of allylic oxidation sites excluding steroid dienone is 1. The molecule has 1 N–H and O–H groups in total. The monoisotopic (exact) mass is 544 g/mol. The van der Waals surface area contributed by atoms with Crippen LogP contribution in [0, 0.1) is 19.7 Å². The van der Waals surface area contributed by atoms with Crippen LogP contribution >= 0.6 is 0 Å². The van der Waals surface area contributed by atoms with Crippen molar-refractivity contribution in [2.24, 2.45) is 0 Å². The van der Waals surface area contributed by atoms with Gasteiger partial charge in [-0.25, -0.2) is 8.60 Å². The average Bonchev–Trinajstić information content (AvgIpc) is 2.88. The Morgan fingerprint density at radius 2 is 1.55 bits per heavy atom. The van der Waals surface area contributed by atoms with E-state index in [0.29, 0.717) is 28.2 Å². The summed E-state index contributed by atoms with van der Waals surface area (Å²) in [6.45, 7) is 8.57. The van der Waals surface area contributed by atoms with Crippen LogP contribution in [0.5, 0.6) is 17.2 Å². The molecular formula is C29H34F2N2O4S. The number of nitrogens with zero attached hydrogens (tertiary/aromatic N) is 1. The maximum absolute atomic E-state index is 15.3. The molecule has 3 aromatic carbocycles. The van der Waals surface area contributed by atoms with Crippen LogP contribution in [-0.4, -0.2) is 38.3 Å². The minimum absolute atomic E-state index is 0.243. The van der Waals surface area contributed by atoms with Crippen LogP contribution in [0.4, 0.5) is 20.3 Å². The fraction of sp³-hybridized carbons (Fsp3) is 0.310. The molecule has 0 aliphatic carbocycles. The molecule has 0 fully saturated rings. The number of ether oxygens (including phenoxy) is 2. The zero-order valence-corrected chi connectivity index (χ0v) is 23.8. The molecule has 0 amide bonds. The van der Waals surface area contributed by atoms with E-state index in [1.165, 1.54) is 38.1 Å². The highest BCUT2D eigenvalue weighted by Crippen LogP contribution is 2.49. The second kappa shape index (κ2) is 12.3. The van der Waals surface area contributed by atoms with Gasteiger partial charge >= 0.3 is 0 Å². The van der Waals surface area contributed by atoms with Crippen molar-refractivity contribution in [3.63, 3.8) is 0 Å². The largest absolute Gasteiger partial charge is 0.496 e. The van der Waals surface area contributed by atoms with E-state index in [2.05, 4.69) is 30.2 Å². The second-order valence-corrected chi connectivity index (χ2v) is 10.5. The van der Waals surface area contributed by atoms with E-state index < -0.39 is 22.6 Å². The minimum atomic E-state index is -1.59. The predicted octanol–water partition coefficient (Wildman–Crippen LogP) is 7.16. The molecule has 6 nitrogen and oxygen atoms in total. The summed E-state index contributed by atoms with van der Waals surface area (Å²) in [4.78, 5) is 4.01. The molecule has 0 heterocycles. The van der Waals surface area contributed by atoms with Gasteiger partial charge < -0.3 is 14.8 Å². The van der Waals surface area contributed by atoms with E-state index in [9.17, 15) is 8.74 Å². The van der Waals surface area contributed by atoms with Crippen molar-refractivity contribution in [3.8, 4) is 39.5 Å². The van der Waals surface area contributed by atoms with Crippen LogP contribution in [0.1, 0.15) is 25.0 Å². The number of rotatable bonds is 10. The lowest BCUT2D eigenvalue weighted by atomic mass is 9.89. The van der Waals surface area contributed by atoms with Crippen molar-refractivity contribution in [2.75, 3.05) is 43.7 Å². The highest BCUT2D eigenvalue weighted by molar-refractivity contribution is 7.85. The summed E-state index contributed by atoms with van der Waals surface area (Å²) in [5.74, 6) is -0.0989. The fourth-order valence-electron chi connectivity index (χ4n) is 4.49. The lowest BCUT2D eigenvalue weighted by Gasteiger charge is -2.24. The van der Waals surface area contributed by atoms with E-state index >= 15 is 4.39 Å². The Kier molecular flexibility index (Phi) is 9.38. The molecule has 38 heavy (non-hydrogen) atoms. The van der Waals surface area contributed by atoms with Crippen molar-refractivity contribution < 1.29 is 27.5 Å². The first-order valence-corrected chi connectivity index (χ1v) is 13.5. The van der Waals surface area contributed by atoms with Gasteiger partial charge in [0.2, 0.25) is 0 Å². The van der Waals surface area contributed by atoms with Gasteiger partial charge in [-0.1, -0.05) is 23.8 Å². The van der Waals surface area contributed by atoms with Gasteiger partial charge in [0.25, 0.3) is 0 Å². The third-order valence-corrected chi connectivity index (χ3v) is 7.34. The molecule has 0 saturated heterocycles. The summed E-state index contributed by atoms with van der Waals surface area (Å²) in [5, 5.41) is 3.37. The number of halogens is 2. The van der Waals surface area contributed by atoms with Crippen LogP contribution in [0.25, 0.3) is 22.3 Å². The molecule has 1 unspecified atom stereocenters. The van der Waals surface area contributed by atoms with E-state index in [-0.39, 0.29) is 5.69 Å². The first-order valence-electron chi connectivity index (χ1n) is 12.0. The van der Waals surface area contributed by atoms with Gasteiger partial charge in [-0.2, -0.15) is 0 Å². The van der Waals surface area contributed by atoms with Crippen LogP contribution in [0.15, 0.2) is 48.0 Å². The molecule has 3 aromatic rings. The van der Waals surface area contributed by atoms with Crippen LogP contribution in [0.3, 0.4) is 0 Å². The van der Waals surface area contributed by atoms with Gasteiger partial charge in [0.05, 0.1) is 14.2 Å². The smallest absolute Gasteiger partial charge is 0.199 e. The SMILES string of the molecule is COc1c(C)c(-c2cc(F)c(N(C)S(C)=O)c(OF)c2)c(OC)c(C)c1-c1ccc(NCC=C(C)C)cc1. The van der Waals surface area contributed by atoms with Crippen molar-refractivity contribution in [3.05, 3.63) is 65.0 Å². The summed E-state index contributed by atoms with van der Waals surface area (Å²) in [5.41, 5.74) is 6.05. The number of anilines is 2. The van der Waals surface area contributed by atoms with Crippen molar-refractivity contribution in [2.45, 2.75) is 27.7 Å². The zero-order chi connectivity index (χ0) is 28.1. The molecule has 3 rings (SSSR count). The summed E-state index contributed by atoms with van der Waals surface area (Å²) in [6, 6.07) is 10.6. The van der Waals surface area contributed by atoms with Crippen molar-refractivity contribution >= 4 is 22.4 Å². The summed E-state index contributed by atoms with van der Waals surface area (Å²) >= 11 is 0. The molecule has 1 atom stereocenters. The normalized spacial score (nSPS) is 11.5. The van der Waals surface area contributed by atoms with E-state index in [1.807, 2.05) is 38.1 Å². The number of nitrogens with one attached hydrogen (secondary N) is 1. The third kappa shape index (κ3) is 5.78. The quantitative estimate of drug-likeness (QED) is 0.274. The number of hydrogen-bond donors (Lipinski definition) is 1. The first-order chi connectivity index (χ1) is 18.0. The van der Waals surface area contributed by atoms with E-state index in [0.717, 1.165) is 33.2 Å². The van der Waals surface area contributed by atoms with Crippen molar-refractivity contribution in [1.82, 2.24) is 0 Å². The number of hydrogen-bond acceptors (Lipinski definition) is 5. The van der Waals surface area contributed by atoms with Crippen molar-refractivity contribution in [1.29, 1.82) is 0 Å². The number of methoxy groups -OCH3 is 2. The molecule has 0 aliphatic heterocycles. The maximum atomic E-state index is 15.3. The average molecular weight is 545 g/mol. The van der Waals surface area contributed by atoms with Gasteiger partial charge in [-0.15, -0.1) is 0 Å². The molecule has 9 heteroatoms. The topological polar surface area (TPSA) is 60.0 Å². The molecular weight excluding hydrogens is 510 g/mol. The highest BCUT2D eigenvalue weighted by Gasteiger charge is 2.26. The standard InChI is InChI=1S/C29H34F2N2O4S/c1-17(2)13-14-32-22-11-9-20(10-12-22)25-18(3)29(36-7)26(19(4)28(25)35-6)21-15-23(30)27(24(16-21)37-31)33(5)38(8)34/h9-13,15-16,32H,14H2,1-8H3. The number of benzene rings is 3. The molecule has 0 bridgehead atoms. The Balaban J connectivity index is 2.19. The third-order valence-electron chi connectivity index (χ3n) is 6.38. The summed E-state index contributed by atoms with van der Waals surface area (Å²) in [7, 11) is 2.91. The summed E-state index contributed by atoms with van der Waals surface area (Å²) in [6.07, 6.45) is 3.48. The van der Waals surface area contributed by atoms with Gasteiger partial charge in [0, 0.05) is 52.3 Å². The van der Waals surface area contributed by atoms with Crippen LogP contribution in [-0.2, 0) is 11.0 Å². The highest BCUT2D eigenvalue weighted by atomic mass is 32.2. The van der Waals surface area contributed by atoms with Crippen LogP contribution < -0.4 is 24.0 Å². The zero-order valence-electron chi connectivity index (χ0n) is 23.0. The molecule has 0 spiro atoms. The first kappa shape index (κ1) is 29.0. The minimum Gasteiger partial charge on any atom is -0.496 e. The lowest BCUT2D eigenvalue weighted by molar-refractivity contribution is -0.00564. The van der Waals surface area contributed by atoms with Gasteiger partial charge in [0.15, 0.2) is 11.6 Å². The Morgan fingerprint density at radius 1 is 1.00 bits per heavy atom. The molecule has 0 radical (unpaired) electrons. The Bertz CT molecular complexity index is 1370.